The monoisotopic (exact) mass is 599 g/mol. The van der Waals surface area contributed by atoms with Crippen molar-refractivity contribution in [2.75, 3.05) is 80.1 Å². The van der Waals surface area contributed by atoms with Gasteiger partial charge in [0.25, 0.3) is 5.91 Å². The molecule has 0 spiro atoms. The molecule has 0 saturated carbocycles. The summed E-state index contributed by atoms with van der Waals surface area (Å²) >= 11 is 0. The molecular weight excluding hydrogens is 554 g/mol. The van der Waals surface area contributed by atoms with E-state index in [4.69, 9.17) is 9.72 Å². The largest absolute Gasteiger partial charge is 0.474 e. The highest BCUT2D eigenvalue weighted by Crippen LogP contribution is 2.48. The molecule has 10 heteroatoms. The van der Waals surface area contributed by atoms with E-state index in [2.05, 4.69) is 65.4 Å². The fraction of sp³-hybridized carbons (Fsp3) is 0.559. The van der Waals surface area contributed by atoms with E-state index in [1.807, 2.05) is 7.05 Å². The Hall–Kier alpha value is -3.79. The number of likely N-dealkylation sites (N-methyl/N-ethyl adjacent to an activating group) is 2. The molecule has 44 heavy (non-hydrogen) atoms. The van der Waals surface area contributed by atoms with Crippen molar-refractivity contribution in [1.29, 1.82) is 0 Å². The maximum atomic E-state index is 13.9. The number of likely N-dealkylation sites (tertiary alicyclic amines) is 1. The minimum atomic E-state index is -0.456. The third-order valence-electron chi connectivity index (χ3n) is 10.6. The van der Waals surface area contributed by atoms with Gasteiger partial charge in [-0.3, -0.25) is 9.59 Å². The second-order valence-electron chi connectivity index (χ2n) is 13.2. The van der Waals surface area contributed by atoms with Crippen LogP contribution in [0.1, 0.15) is 43.0 Å². The standard InChI is InChI=1S/C34H45N7O3/c1-6-30(42)40-20-29-34(43)38(5)32-31(41(29)18-22(40)2)24-14-17-39(28-13-7-12-27-25(28)11-9-16-37(27)4)19-26(24)35-33(32)44-21-23-10-8-15-36(23)3/h6-7,12-13,22-23,29H,1,8-11,14-21H2,2-5H3/t22-,23+,29-/m1/s1. The average Bonchev–Trinajstić information content (AvgIpc) is 3.45. The van der Waals surface area contributed by atoms with Gasteiger partial charge in [-0.05, 0) is 76.4 Å². The van der Waals surface area contributed by atoms with Crippen molar-refractivity contribution in [2.24, 2.45) is 0 Å². The van der Waals surface area contributed by atoms with Crippen molar-refractivity contribution < 1.29 is 14.3 Å². The van der Waals surface area contributed by atoms with Crippen molar-refractivity contribution >= 4 is 34.6 Å². The summed E-state index contributed by atoms with van der Waals surface area (Å²) in [5.41, 5.74) is 8.09. The van der Waals surface area contributed by atoms with Gasteiger partial charge >= 0.3 is 0 Å². The Morgan fingerprint density at radius 3 is 2.64 bits per heavy atom. The molecule has 2 amide bonds. The van der Waals surface area contributed by atoms with Gasteiger partial charge in [-0.25, -0.2) is 4.98 Å². The summed E-state index contributed by atoms with van der Waals surface area (Å²) in [6.45, 7) is 10.9. The van der Waals surface area contributed by atoms with Gasteiger partial charge in [-0.15, -0.1) is 0 Å². The third-order valence-corrected chi connectivity index (χ3v) is 10.6. The second-order valence-corrected chi connectivity index (χ2v) is 13.2. The molecule has 5 aliphatic heterocycles. The first kappa shape index (κ1) is 29.0. The number of pyridine rings is 1. The Labute approximate surface area is 260 Å². The summed E-state index contributed by atoms with van der Waals surface area (Å²) in [5, 5.41) is 0. The molecule has 10 nitrogen and oxygen atoms in total. The summed E-state index contributed by atoms with van der Waals surface area (Å²) in [6, 6.07) is 6.49. The SMILES string of the molecule is C=CC(=O)N1C[C@@H]2C(=O)N(C)c3c(OC[C@@H]4CCCN4C)nc4c(c3N2C[C@H]1C)CCN(c1cccc2c1CCCN2C)C4. The van der Waals surface area contributed by atoms with Crippen LogP contribution in [0.2, 0.25) is 0 Å². The number of hydrogen-bond donors (Lipinski definition) is 0. The van der Waals surface area contributed by atoms with E-state index >= 15 is 0 Å². The van der Waals surface area contributed by atoms with Crippen LogP contribution in [-0.4, -0.2) is 105 Å². The van der Waals surface area contributed by atoms with Crippen LogP contribution in [0, 0.1) is 0 Å². The summed E-state index contributed by atoms with van der Waals surface area (Å²) in [7, 11) is 6.17. The molecule has 1 aromatic heterocycles. The van der Waals surface area contributed by atoms with Crippen LogP contribution in [0.3, 0.4) is 0 Å². The number of carbonyl (C=O) groups is 2. The van der Waals surface area contributed by atoms with Crippen molar-refractivity contribution in [3.8, 4) is 5.88 Å². The molecule has 5 aliphatic rings. The van der Waals surface area contributed by atoms with Gasteiger partial charge in [0.15, 0.2) is 0 Å². The van der Waals surface area contributed by atoms with Crippen LogP contribution in [0.25, 0.3) is 0 Å². The molecule has 2 aromatic rings. The van der Waals surface area contributed by atoms with E-state index < -0.39 is 6.04 Å². The minimum Gasteiger partial charge on any atom is -0.474 e. The lowest BCUT2D eigenvalue weighted by atomic mass is 9.93. The summed E-state index contributed by atoms with van der Waals surface area (Å²) < 4.78 is 6.60. The number of rotatable bonds is 5. The van der Waals surface area contributed by atoms with E-state index in [9.17, 15) is 9.59 Å². The number of amides is 2. The predicted molar refractivity (Wildman–Crippen MR) is 174 cm³/mol. The minimum absolute atomic E-state index is 0.0340. The van der Waals surface area contributed by atoms with Gasteiger partial charge in [0.05, 0.1) is 24.5 Å². The first-order valence-corrected chi connectivity index (χ1v) is 16.2. The molecule has 2 saturated heterocycles. The van der Waals surface area contributed by atoms with Crippen molar-refractivity contribution in [3.63, 3.8) is 0 Å². The molecule has 234 valence electrons. The van der Waals surface area contributed by atoms with E-state index in [1.165, 1.54) is 28.6 Å². The third kappa shape index (κ3) is 4.69. The topological polar surface area (TPSA) is 75.7 Å². The normalized spacial score (nSPS) is 25.0. The van der Waals surface area contributed by atoms with Gasteiger partial charge < -0.3 is 34.1 Å². The van der Waals surface area contributed by atoms with Crippen molar-refractivity contribution in [1.82, 2.24) is 14.8 Å². The molecule has 0 radical (unpaired) electrons. The van der Waals surface area contributed by atoms with Crippen LogP contribution >= 0.6 is 0 Å². The molecule has 0 aliphatic carbocycles. The molecule has 3 atom stereocenters. The number of benzene rings is 1. The number of carbonyl (C=O) groups excluding carboxylic acids is 2. The summed E-state index contributed by atoms with van der Waals surface area (Å²) in [4.78, 5) is 44.8. The number of ether oxygens (including phenoxy) is 1. The maximum Gasteiger partial charge on any atom is 0.251 e. The summed E-state index contributed by atoms with van der Waals surface area (Å²) in [6.07, 6.45) is 6.68. The van der Waals surface area contributed by atoms with Crippen LogP contribution < -0.4 is 24.3 Å². The van der Waals surface area contributed by atoms with Crippen LogP contribution in [0.15, 0.2) is 30.9 Å². The average molecular weight is 600 g/mol. The number of fused-ring (bicyclic) bond motifs is 6. The smallest absolute Gasteiger partial charge is 0.251 e. The highest BCUT2D eigenvalue weighted by Gasteiger charge is 2.47. The molecular formula is C34H45N7O3. The van der Waals surface area contributed by atoms with Crippen LogP contribution in [0.5, 0.6) is 5.88 Å². The molecule has 1 aromatic carbocycles. The molecule has 0 unspecified atom stereocenters. The fourth-order valence-electron chi connectivity index (χ4n) is 8.09. The van der Waals surface area contributed by atoms with Crippen molar-refractivity contribution in [2.45, 2.75) is 63.7 Å². The maximum absolute atomic E-state index is 13.9. The van der Waals surface area contributed by atoms with Crippen molar-refractivity contribution in [3.05, 3.63) is 47.7 Å². The first-order chi connectivity index (χ1) is 21.3. The van der Waals surface area contributed by atoms with E-state index in [1.54, 1.807) is 9.80 Å². The van der Waals surface area contributed by atoms with Gasteiger partial charge in [-0.1, -0.05) is 12.6 Å². The zero-order chi connectivity index (χ0) is 30.7. The highest BCUT2D eigenvalue weighted by molar-refractivity contribution is 6.08. The number of aromatic nitrogens is 1. The number of hydrogen-bond acceptors (Lipinski definition) is 8. The number of piperazine rings is 1. The van der Waals surface area contributed by atoms with E-state index in [-0.39, 0.29) is 17.9 Å². The second kappa shape index (κ2) is 11.3. The molecule has 0 bridgehead atoms. The quantitative estimate of drug-likeness (QED) is 0.486. The Balaban J connectivity index is 1.30. The predicted octanol–water partition coefficient (Wildman–Crippen LogP) is 3.07. The molecule has 2 fully saturated rings. The Morgan fingerprint density at radius 1 is 1.05 bits per heavy atom. The number of nitrogens with zero attached hydrogens (tertiary/aromatic N) is 7. The van der Waals surface area contributed by atoms with E-state index in [0.29, 0.717) is 38.2 Å². The van der Waals surface area contributed by atoms with Gasteiger partial charge in [0.2, 0.25) is 11.8 Å². The lowest BCUT2D eigenvalue weighted by molar-refractivity contribution is -0.130. The lowest BCUT2D eigenvalue weighted by Gasteiger charge is -2.51. The fourth-order valence-corrected chi connectivity index (χ4v) is 8.09. The Bertz CT molecular complexity index is 1490. The van der Waals surface area contributed by atoms with Gasteiger partial charge in [0.1, 0.15) is 18.3 Å². The molecule has 0 N–H and O–H groups in total. The first-order valence-electron chi connectivity index (χ1n) is 16.2. The zero-order valence-electron chi connectivity index (χ0n) is 26.6. The van der Waals surface area contributed by atoms with Crippen LogP contribution in [0.4, 0.5) is 22.7 Å². The Morgan fingerprint density at radius 2 is 1.86 bits per heavy atom. The Kier molecular flexibility index (Phi) is 7.43. The summed E-state index contributed by atoms with van der Waals surface area (Å²) in [5.74, 6) is 0.378. The number of anilines is 4. The lowest BCUT2D eigenvalue weighted by Crippen LogP contribution is -2.65. The van der Waals surface area contributed by atoms with Gasteiger partial charge in [-0.2, -0.15) is 0 Å². The molecule has 6 heterocycles. The van der Waals surface area contributed by atoms with Crippen LogP contribution in [-0.2, 0) is 29.0 Å². The van der Waals surface area contributed by atoms with E-state index in [0.717, 1.165) is 68.8 Å². The van der Waals surface area contributed by atoms with Gasteiger partial charge in [0, 0.05) is 62.8 Å². The highest BCUT2D eigenvalue weighted by atomic mass is 16.5. The molecule has 7 rings (SSSR count). The zero-order valence-corrected chi connectivity index (χ0v) is 26.6.